The van der Waals surface area contributed by atoms with Gasteiger partial charge in [-0.3, -0.25) is 0 Å². The zero-order chi connectivity index (χ0) is 10.5. The van der Waals surface area contributed by atoms with Gasteiger partial charge in [0.05, 0.1) is 13.2 Å². The van der Waals surface area contributed by atoms with Crippen molar-refractivity contribution in [2.75, 3.05) is 5.73 Å². The molecule has 0 unspecified atom stereocenters. The maximum Gasteiger partial charge on any atom is 0.118 e. The van der Waals surface area contributed by atoms with E-state index in [9.17, 15) is 0 Å². The van der Waals surface area contributed by atoms with Crippen molar-refractivity contribution in [2.45, 2.75) is 13.2 Å². The molecule has 0 spiro atoms. The molecule has 2 N–H and O–H groups in total. The molecule has 0 aliphatic rings. The molecule has 4 heteroatoms. The molecular formula is C11H12N2OS. The summed E-state index contributed by atoms with van der Waals surface area (Å²) in [6.07, 6.45) is 1.78. The lowest BCUT2D eigenvalue weighted by Gasteiger charge is -2.03. The van der Waals surface area contributed by atoms with Crippen LogP contribution in [0.5, 0.6) is 0 Å². The van der Waals surface area contributed by atoms with Crippen LogP contribution in [0.3, 0.4) is 0 Å². The summed E-state index contributed by atoms with van der Waals surface area (Å²) in [7, 11) is 0. The second kappa shape index (κ2) is 4.91. The Labute approximate surface area is 92.5 Å². The van der Waals surface area contributed by atoms with Crippen LogP contribution in [-0.2, 0) is 18.0 Å². The Hall–Kier alpha value is -1.39. The Morgan fingerprint density at radius 1 is 1.33 bits per heavy atom. The van der Waals surface area contributed by atoms with E-state index < -0.39 is 0 Å². The van der Waals surface area contributed by atoms with Crippen LogP contribution in [0, 0.1) is 0 Å². The molecule has 0 aliphatic heterocycles. The lowest BCUT2D eigenvalue weighted by molar-refractivity contribution is 0.107. The van der Waals surface area contributed by atoms with Gasteiger partial charge in [0.15, 0.2) is 0 Å². The van der Waals surface area contributed by atoms with Crippen molar-refractivity contribution < 1.29 is 4.74 Å². The molecule has 1 aromatic carbocycles. The molecule has 0 aliphatic carbocycles. The third kappa shape index (κ3) is 3.04. The number of rotatable bonds is 4. The Bertz CT molecular complexity index is 414. The summed E-state index contributed by atoms with van der Waals surface area (Å²) in [6.45, 7) is 1.14. The number of benzene rings is 1. The van der Waals surface area contributed by atoms with Crippen LogP contribution in [0.1, 0.15) is 10.6 Å². The number of hydrogen-bond donors (Lipinski definition) is 1. The molecule has 2 aromatic rings. The molecule has 1 aromatic heterocycles. The summed E-state index contributed by atoms with van der Waals surface area (Å²) in [5, 5.41) is 2.94. The van der Waals surface area contributed by atoms with E-state index in [2.05, 4.69) is 4.98 Å². The van der Waals surface area contributed by atoms with E-state index in [1.54, 1.807) is 17.5 Å². The molecule has 0 radical (unpaired) electrons. The van der Waals surface area contributed by atoms with Crippen molar-refractivity contribution in [1.82, 2.24) is 4.98 Å². The molecule has 0 bridgehead atoms. The Morgan fingerprint density at radius 3 is 3.00 bits per heavy atom. The fourth-order valence-corrected chi connectivity index (χ4v) is 1.82. The maximum absolute atomic E-state index is 5.66. The van der Waals surface area contributed by atoms with Gasteiger partial charge >= 0.3 is 0 Å². The smallest absolute Gasteiger partial charge is 0.118 e. The average Bonchev–Trinajstić information content (AvgIpc) is 2.71. The summed E-state index contributed by atoms with van der Waals surface area (Å²) < 4.78 is 5.51. The van der Waals surface area contributed by atoms with Crippen LogP contribution in [0.25, 0.3) is 0 Å². The molecule has 0 atom stereocenters. The number of nitrogens with zero attached hydrogens (tertiary/aromatic N) is 1. The number of ether oxygens (including phenoxy) is 1. The van der Waals surface area contributed by atoms with E-state index in [0.717, 1.165) is 16.3 Å². The molecule has 0 fully saturated rings. The first-order valence-corrected chi connectivity index (χ1v) is 5.53. The SMILES string of the molecule is Nc1cccc(COCc2nccs2)c1. The minimum absolute atomic E-state index is 0.562. The second-order valence-electron chi connectivity index (χ2n) is 3.16. The predicted molar refractivity (Wildman–Crippen MR) is 61.5 cm³/mol. The number of hydrogen-bond acceptors (Lipinski definition) is 4. The van der Waals surface area contributed by atoms with E-state index in [1.807, 2.05) is 29.6 Å². The number of aromatic nitrogens is 1. The van der Waals surface area contributed by atoms with Crippen molar-refractivity contribution in [1.29, 1.82) is 0 Å². The number of thiazole rings is 1. The molecule has 3 nitrogen and oxygen atoms in total. The summed E-state index contributed by atoms with van der Waals surface area (Å²) >= 11 is 1.60. The first-order valence-electron chi connectivity index (χ1n) is 4.65. The lowest BCUT2D eigenvalue weighted by Crippen LogP contribution is -1.94. The second-order valence-corrected chi connectivity index (χ2v) is 4.14. The van der Waals surface area contributed by atoms with E-state index in [-0.39, 0.29) is 0 Å². The van der Waals surface area contributed by atoms with E-state index in [1.165, 1.54) is 0 Å². The highest BCUT2D eigenvalue weighted by Crippen LogP contribution is 2.10. The summed E-state index contributed by atoms with van der Waals surface area (Å²) in [5.41, 5.74) is 7.52. The van der Waals surface area contributed by atoms with Gasteiger partial charge in [0.25, 0.3) is 0 Å². The quantitative estimate of drug-likeness (QED) is 0.805. The largest absolute Gasteiger partial charge is 0.399 e. The lowest BCUT2D eigenvalue weighted by atomic mass is 10.2. The van der Waals surface area contributed by atoms with Crippen molar-refractivity contribution in [3.8, 4) is 0 Å². The van der Waals surface area contributed by atoms with E-state index in [0.29, 0.717) is 13.2 Å². The zero-order valence-electron chi connectivity index (χ0n) is 8.22. The molecule has 15 heavy (non-hydrogen) atoms. The van der Waals surface area contributed by atoms with Gasteiger partial charge in [0.1, 0.15) is 5.01 Å². The molecule has 0 saturated heterocycles. The fourth-order valence-electron chi connectivity index (χ4n) is 1.26. The van der Waals surface area contributed by atoms with Crippen molar-refractivity contribution in [3.63, 3.8) is 0 Å². The first-order chi connectivity index (χ1) is 7.34. The summed E-state index contributed by atoms with van der Waals surface area (Å²) in [6, 6.07) is 7.71. The van der Waals surface area contributed by atoms with Gasteiger partial charge in [0.2, 0.25) is 0 Å². The standard InChI is InChI=1S/C11H12N2OS/c12-10-3-1-2-9(6-10)7-14-8-11-13-4-5-15-11/h1-6H,7-8,12H2. The van der Waals surface area contributed by atoms with Gasteiger partial charge < -0.3 is 10.5 Å². The van der Waals surface area contributed by atoms with Crippen molar-refractivity contribution >= 4 is 17.0 Å². The minimum atomic E-state index is 0.562. The Morgan fingerprint density at radius 2 is 2.27 bits per heavy atom. The summed E-state index contributed by atoms with van der Waals surface area (Å²) in [4.78, 5) is 4.13. The highest BCUT2D eigenvalue weighted by atomic mass is 32.1. The predicted octanol–water partition coefficient (Wildman–Crippen LogP) is 2.44. The van der Waals surface area contributed by atoms with Crippen LogP contribution in [0.4, 0.5) is 5.69 Å². The van der Waals surface area contributed by atoms with Crippen LogP contribution in [0.15, 0.2) is 35.8 Å². The zero-order valence-corrected chi connectivity index (χ0v) is 9.04. The highest BCUT2D eigenvalue weighted by Gasteiger charge is 1.97. The van der Waals surface area contributed by atoms with Gasteiger partial charge in [-0.15, -0.1) is 11.3 Å². The fraction of sp³-hybridized carbons (Fsp3) is 0.182. The first kappa shape index (κ1) is 10.1. The number of nitrogens with two attached hydrogens (primary N) is 1. The molecule has 1 heterocycles. The molecule has 2 rings (SSSR count). The number of anilines is 1. The van der Waals surface area contributed by atoms with Gasteiger partial charge in [-0.05, 0) is 17.7 Å². The Balaban J connectivity index is 1.83. The average molecular weight is 220 g/mol. The minimum Gasteiger partial charge on any atom is -0.399 e. The van der Waals surface area contributed by atoms with Gasteiger partial charge in [0, 0.05) is 17.3 Å². The van der Waals surface area contributed by atoms with Crippen LogP contribution >= 0.6 is 11.3 Å². The topological polar surface area (TPSA) is 48.1 Å². The summed E-state index contributed by atoms with van der Waals surface area (Å²) in [5.74, 6) is 0. The molecular weight excluding hydrogens is 208 g/mol. The van der Waals surface area contributed by atoms with Gasteiger partial charge in [-0.2, -0.15) is 0 Å². The molecule has 0 saturated carbocycles. The van der Waals surface area contributed by atoms with E-state index in [4.69, 9.17) is 10.5 Å². The third-order valence-electron chi connectivity index (χ3n) is 1.93. The van der Waals surface area contributed by atoms with E-state index >= 15 is 0 Å². The maximum atomic E-state index is 5.66. The molecule has 78 valence electrons. The van der Waals surface area contributed by atoms with Crippen LogP contribution in [-0.4, -0.2) is 4.98 Å². The van der Waals surface area contributed by atoms with Gasteiger partial charge in [-0.25, -0.2) is 4.98 Å². The highest BCUT2D eigenvalue weighted by molar-refractivity contribution is 7.09. The Kier molecular flexibility index (Phi) is 3.32. The van der Waals surface area contributed by atoms with Crippen LogP contribution < -0.4 is 5.73 Å². The van der Waals surface area contributed by atoms with Crippen molar-refractivity contribution in [3.05, 3.63) is 46.4 Å². The monoisotopic (exact) mass is 220 g/mol. The van der Waals surface area contributed by atoms with Crippen molar-refractivity contribution in [2.24, 2.45) is 0 Å². The molecule has 0 amide bonds. The number of nitrogen functional groups attached to an aromatic ring is 1. The van der Waals surface area contributed by atoms with Crippen LogP contribution in [0.2, 0.25) is 0 Å². The van der Waals surface area contributed by atoms with Gasteiger partial charge in [-0.1, -0.05) is 12.1 Å². The normalized spacial score (nSPS) is 10.4. The third-order valence-corrected chi connectivity index (χ3v) is 2.68.